The number of sulfonamides is 1. The van der Waals surface area contributed by atoms with Crippen molar-refractivity contribution in [2.45, 2.75) is 18.2 Å². The molecule has 0 radical (unpaired) electrons. The van der Waals surface area contributed by atoms with Crippen LogP contribution in [0.3, 0.4) is 0 Å². The number of amides is 1. The Morgan fingerprint density at radius 3 is 2.67 bits per heavy atom. The summed E-state index contributed by atoms with van der Waals surface area (Å²) in [5, 5.41) is 13.2. The molecule has 0 bridgehead atoms. The fourth-order valence-corrected chi connectivity index (χ4v) is 2.62. The SMILES string of the molecule is CCCNC(=O)CNS(=O)(=O)c1cccc(F)c1[N+](=O)[O-]. The zero-order valence-corrected chi connectivity index (χ0v) is 11.9. The van der Waals surface area contributed by atoms with Crippen molar-refractivity contribution in [1.29, 1.82) is 0 Å². The van der Waals surface area contributed by atoms with Crippen molar-refractivity contribution in [2.75, 3.05) is 13.1 Å². The second-order valence-electron chi connectivity index (χ2n) is 4.02. The minimum absolute atomic E-state index is 0.376. The van der Waals surface area contributed by atoms with Gasteiger partial charge in [0.05, 0.1) is 11.5 Å². The largest absolute Gasteiger partial charge is 0.355 e. The maximum atomic E-state index is 13.4. The van der Waals surface area contributed by atoms with Crippen molar-refractivity contribution in [3.8, 4) is 0 Å². The predicted molar refractivity (Wildman–Crippen MR) is 71.5 cm³/mol. The first-order valence-electron chi connectivity index (χ1n) is 5.99. The Kier molecular flexibility index (Phi) is 5.73. The van der Waals surface area contributed by atoms with Gasteiger partial charge >= 0.3 is 5.69 Å². The minimum Gasteiger partial charge on any atom is -0.355 e. The van der Waals surface area contributed by atoms with Crippen LogP contribution in [0.1, 0.15) is 13.3 Å². The number of hydrogen-bond donors (Lipinski definition) is 2. The third-order valence-electron chi connectivity index (χ3n) is 2.42. The third kappa shape index (κ3) is 4.46. The van der Waals surface area contributed by atoms with E-state index in [0.717, 1.165) is 18.2 Å². The monoisotopic (exact) mass is 319 g/mol. The number of carbonyl (C=O) groups is 1. The average Bonchev–Trinajstić information content (AvgIpc) is 2.42. The van der Waals surface area contributed by atoms with Gasteiger partial charge in [0.2, 0.25) is 21.7 Å². The van der Waals surface area contributed by atoms with Crippen molar-refractivity contribution in [3.05, 3.63) is 34.1 Å². The zero-order valence-electron chi connectivity index (χ0n) is 11.1. The van der Waals surface area contributed by atoms with E-state index in [1.807, 2.05) is 11.6 Å². The highest BCUT2D eigenvalue weighted by Gasteiger charge is 2.29. The molecule has 0 unspecified atom stereocenters. The third-order valence-corrected chi connectivity index (χ3v) is 3.85. The van der Waals surface area contributed by atoms with E-state index in [2.05, 4.69) is 5.32 Å². The number of nitrogens with one attached hydrogen (secondary N) is 2. The van der Waals surface area contributed by atoms with Crippen LogP contribution in [0.15, 0.2) is 23.1 Å². The summed E-state index contributed by atoms with van der Waals surface area (Å²) in [6.07, 6.45) is 0.674. The Bertz CT molecular complexity index is 647. The summed E-state index contributed by atoms with van der Waals surface area (Å²) in [6, 6.07) is 2.71. The molecular formula is C11H14FN3O5S. The van der Waals surface area contributed by atoms with Crippen LogP contribution in [0, 0.1) is 15.9 Å². The molecule has 0 atom stereocenters. The Labute approximate surface area is 120 Å². The zero-order chi connectivity index (χ0) is 16.0. The van der Waals surface area contributed by atoms with E-state index in [0.29, 0.717) is 13.0 Å². The molecule has 2 N–H and O–H groups in total. The summed E-state index contributed by atoms with van der Waals surface area (Å²) in [5.74, 6) is -1.85. The molecule has 21 heavy (non-hydrogen) atoms. The van der Waals surface area contributed by atoms with Gasteiger partial charge in [-0.2, -0.15) is 4.39 Å². The van der Waals surface area contributed by atoms with Crippen LogP contribution in [0.4, 0.5) is 10.1 Å². The van der Waals surface area contributed by atoms with E-state index in [-0.39, 0.29) is 0 Å². The molecule has 0 aromatic heterocycles. The van der Waals surface area contributed by atoms with Gasteiger partial charge in [-0.1, -0.05) is 13.0 Å². The molecule has 0 aliphatic heterocycles. The Morgan fingerprint density at radius 1 is 1.43 bits per heavy atom. The van der Waals surface area contributed by atoms with Crippen LogP contribution < -0.4 is 10.0 Å². The van der Waals surface area contributed by atoms with Crippen molar-refractivity contribution < 1.29 is 22.5 Å². The Balaban J connectivity index is 2.96. The van der Waals surface area contributed by atoms with Gasteiger partial charge in [0.25, 0.3) is 0 Å². The average molecular weight is 319 g/mol. The molecule has 0 spiro atoms. The number of nitro benzene ring substituents is 1. The van der Waals surface area contributed by atoms with Gasteiger partial charge in [0, 0.05) is 6.54 Å². The van der Waals surface area contributed by atoms with Crippen LogP contribution in [0.25, 0.3) is 0 Å². The highest BCUT2D eigenvalue weighted by molar-refractivity contribution is 7.89. The maximum Gasteiger partial charge on any atom is 0.324 e. The van der Waals surface area contributed by atoms with Gasteiger partial charge < -0.3 is 5.32 Å². The van der Waals surface area contributed by atoms with Crippen LogP contribution in [-0.4, -0.2) is 32.3 Å². The summed E-state index contributed by atoms with van der Waals surface area (Å²) in [6.45, 7) is 1.61. The number of nitrogens with zero attached hydrogens (tertiary/aromatic N) is 1. The molecule has 1 amide bonds. The highest BCUT2D eigenvalue weighted by Crippen LogP contribution is 2.26. The van der Waals surface area contributed by atoms with Gasteiger partial charge in [-0.15, -0.1) is 0 Å². The lowest BCUT2D eigenvalue weighted by atomic mass is 10.3. The number of rotatable bonds is 7. The van der Waals surface area contributed by atoms with Crippen molar-refractivity contribution in [2.24, 2.45) is 0 Å². The molecular weight excluding hydrogens is 305 g/mol. The van der Waals surface area contributed by atoms with Gasteiger partial charge in [0.15, 0.2) is 4.90 Å². The maximum absolute atomic E-state index is 13.4. The molecule has 1 aromatic rings. The van der Waals surface area contributed by atoms with E-state index >= 15 is 0 Å². The van der Waals surface area contributed by atoms with Crippen molar-refractivity contribution in [1.82, 2.24) is 10.0 Å². The molecule has 1 aromatic carbocycles. The quantitative estimate of drug-likeness (QED) is 0.561. The molecule has 0 aliphatic carbocycles. The molecule has 0 heterocycles. The van der Waals surface area contributed by atoms with Gasteiger partial charge in [0.1, 0.15) is 0 Å². The van der Waals surface area contributed by atoms with Gasteiger partial charge in [-0.3, -0.25) is 14.9 Å². The number of benzene rings is 1. The van der Waals surface area contributed by atoms with Crippen LogP contribution >= 0.6 is 0 Å². The van der Waals surface area contributed by atoms with Gasteiger partial charge in [-0.25, -0.2) is 13.1 Å². The van der Waals surface area contributed by atoms with E-state index in [1.54, 1.807) is 0 Å². The normalized spacial score (nSPS) is 11.1. The summed E-state index contributed by atoms with van der Waals surface area (Å²) >= 11 is 0. The number of halogens is 1. The van der Waals surface area contributed by atoms with E-state index < -0.39 is 43.8 Å². The number of nitro groups is 1. The molecule has 0 saturated carbocycles. The topological polar surface area (TPSA) is 118 Å². The first-order chi connectivity index (χ1) is 9.79. The molecule has 116 valence electrons. The molecule has 10 heteroatoms. The van der Waals surface area contributed by atoms with Crippen LogP contribution in [0.5, 0.6) is 0 Å². The lowest BCUT2D eigenvalue weighted by Gasteiger charge is -2.08. The Hall–Kier alpha value is -2.07. The first-order valence-corrected chi connectivity index (χ1v) is 7.47. The minimum atomic E-state index is -4.37. The summed E-state index contributed by atoms with van der Waals surface area (Å²) in [7, 11) is -4.37. The molecule has 0 aliphatic rings. The summed E-state index contributed by atoms with van der Waals surface area (Å²) in [5.41, 5.74) is -1.15. The van der Waals surface area contributed by atoms with Crippen LogP contribution in [0.2, 0.25) is 0 Å². The molecule has 8 nitrogen and oxygen atoms in total. The lowest BCUT2D eigenvalue weighted by Crippen LogP contribution is -2.37. The first kappa shape index (κ1) is 17.0. The Morgan fingerprint density at radius 2 is 2.10 bits per heavy atom. The van der Waals surface area contributed by atoms with Crippen molar-refractivity contribution in [3.63, 3.8) is 0 Å². The number of carbonyl (C=O) groups excluding carboxylic acids is 1. The predicted octanol–water partition coefficient (Wildman–Crippen LogP) is 0.538. The van der Waals surface area contributed by atoms with Crippen molar-refractivity contribution >= 4 is 21.6 Å². The van der Waals surface area contributed by atoms with Gasteiger partial charge in [-0.05, 0) is 18.6 Å². The second-order valence-corrected chi connectivity index (χ2v) is 5.75. The molecule has 0 fully saturated rings. The van der Waals surface area contributed by atoms with E-state index in [4.69, 9.17) is 0 Å². The smallest absolute Gasteiger partial charge is 0.324 e. The van der Waals surface area contributed by atoms with E-state index in [9.17, 15) is 27.7 Å². The fraction of sp³-hybridized carbons (Fsp3) is 0.364. The number of hydrogen-bond acceptors (Lipinski definition) is 5. The fourth-order valence-electron chi connectivity index (χ4n) is 1.45. The number of para-hydroxylation sites is 1. The second kappa shape index (κ2) is 7.09. The summed E-state index contributed by atoms with van der Waals surface area (Å²) < 4.78 is 39.1. The lowest BCUT2D eigenvalue weighted by molar-refractivity contribution is -0.390. The summed E-state index contributed by atoms with van der Waals surface area (Å²) in [4.78, 5) is 20.1. The van der Waals surface area contributed by atoms with Crippen LogP contribution in [-0.2, 0) is 14.8 Å². The molecule has 1 rings (SSSR count). The standard InChI is InChI=1S/C11H14FN3O5S/c1-2-6-13-10(16)7-14-21(19,20)9-5-3-4-8(12)11(9)15(17)18/h3-5,14H,2,6-7H2,1H3,(H,13,16). The highest BCUT2D eigenvalue weighted by atomic mass is 32.2. The van der Waals surface area contributed by atoms with E-state index in [1.165, 1.54) is 0 Å². The molecule has 0 saturated heterocycles.